The van der Waals surface area contributed by atoms with E-state index in [4.69, 9.17) is 41.0 Å². The molecular formula is C66H92ClN5O15. The van der Waals surface area contributed by atoms with Crippen LogP contribution in [-0.4, -0.2) is 146 Å². The lowest BCUT2D eigenvalue weighted by atomic mass is 9.78. The molecule has 0 spiro atoms. The number of esters is 2. The number of primary amides is 1. The number of nitrogens with one attached hydrogen (secondary N) is 2. The maximum absolute atomic E-state index is 14.5. The van der Waals surface area contributed by atoms with Crippen molar-refractivity contribution < 1.29 is 71.9 Å². The van der Waals surface area contributed by atoms with E-state index in [0.29, 0.717) is 60.5 Å². The van der Waals surface area contributed by atoms with Crippen LogP contribution in [-0.2, 0) is 65.4 Å². The molecule has 20 nitrogen and oxygen atoms in total. The van der Waals surface area contributed by atoms with Crippen molar-refractivity contribution in [2.24, 2.45) is 29.4 Å². The van der Waals surface area contributed by atoms with Crippen molar-refractivity contribution >= 4 is 70.3 Å². The minimum Gasteiger partial charge on any atom is -0.495 e. The molecule has 4 aliphatic rings. The number of amides is 5. The molecule has 2 aromatic carbocycles. The van der Waals surface area contributed by atoms with Gasteiger partial charge in [0.15, 0.2) is 5.78 Å². The third kappa shape index (κ3) is 18.3. The number of ketones is 3. The van der Waals surface area contributed by atoms with Crippen molar-refractivity contribution in [1.29, 1.82) is 0 Å². The van der Waals surface area contributed by atoms with Crippen LogP contribution in [0.1, 0.15) is 165 Å². The quantitative estimate of drug-likeness (QED) is 0.0391. The number of aryl methyl sites for hydroxylation is 1. The number of ether oxygens (including phenoxy) is 5. The Kier molecular flexibility index (Phi) is 24.9. The Morgan fingerprint density at radius 1 is 0.977 bits per heavy atom. The van der Waals surface area contributed by atoms with Gasteiger partial charge in [-0.3, -0.25) is 33.6 Å². The molecular weight excluding hydrogens is 1140 g/mol. The number of hydrogen-bond donors (Lipinski definition) is 4. The van der Waals surface area contributed by atoms with Crippen LogP contribution in [0.15, 0.2) is 54.1 Å². The minimum absolute atomic E-state index is 0.00816. The third-order valence-corrected chi connectivity index (χ3v) is 18.5. The van der Waals surface area contributed by atoms with Gasteiger partial charge < -0.3 is 55.0 Å². The summed E-state index contributed by atoms with van der Waals surface area (Å²) >= 11 is 6.87. The average Bonchev–Trinajstić information content (AvgIpc) is 1.64. The first-order chi connectivity index (χ1) is 41.1. The van der Waals surface area contributed by atoms with Crippen molar-refractivity contribution in [3.05, 3.63) is 81.4 Å². The molecule has 2 saturated heterocycles. The molecule has 3 fully saturated rings. The molecule has 2 aromatic rings. The molecule has 6 rings (SSSR count). The number of anilines is 1. The molecule has 5 amide bonds. The van der Waals surface area contributed by atoms with Crippen LogP contribution >= 0.6 is 11.6 Å². The Morgan fingerprint density at radius 3 is 2.31 bits per heavy atom. The minimum atomic E-state index is -1.65. The summed E-state index contributed by atoms with van der Waals surface area (Å²) in [6.45, 7) is 12.5. The largest absolute Gasteiger partial charge is 0.495 e. The van der Waals surface area contributed by atoms with E-state index in [1.54, 1.807) is 64.2 Å². The fraction of sp³-hybridized carbons (Fsp3) is 0.621. The maximum Gasteiger partial charge on any atom is 0.328 e. The zero-order valence-corrected chi connectivity index (χ0v) is 53.4. The summed E-state index contributed by atoms with van der Waals surface area (Å²) in [5, 5.41) is 17.7. The predicted octanol–water partition coefficient (Wildman–Crippen LogP) is 8.37. The van der Waals surface area contributed by atoms with Gasteiger partial charge in [0.05, 0.1) is 37.8 Å². The van der Waals surface area contributed by atoms with Crippen molar-refractivity contribution in [2.45, 2.75) is 205 Å². The number of carbonyl (C=O) groups is 9. The lowest BCUT2D eigenvalue weighted by molar-refractivity contribution is -0.187. The Hall–Kier alpha value is -6.48. The second-order valence-corrected chi connectivity index (χ2v) is 25.4. The monoisotopic (exact) mass is 1230 g/mol. The number of nitrogens with zero attached hydrogens (tertiary/aromatic N) is 2. The van der Waals surface area contributed by atoms with E-state index >= 15 is 0 Å². The Labute approximate surface area is 517 Å². The third-order valence-electron chi connectivity index (χ3n) is 18.1. The molecule has 3 aliphatic heterocycles. The molecule has 21 heteroatoms. The van der Waals surface area contributed by atoms with Crippen LogP contribution < -0.4 is 26.0 Å². The van der Waals surface area contributed by atoms with Gasteiger partial charge in [-0.15, -0.1) is 0 Å². The fourth-order valence-corrected chi connectivity index (χ4v) is 12.3. The van der Waals surface area contributed by atoms with Gasteiger partial charge in [-0.1, -0.05) is 81.5 Å². The number of urea groups is 1. The lowest BCUT2D eigenvalue weighted by Gasteiger charge is -2.41. The number of carbonyl (C=O) groups excluding carboxylic acids is 9. The summed E-state index contributed by atoms with van der Waals surface area (Å²) < 4.78 is 29.9. The number of aliphatic hydroxyl groups is 1. The van der Waals surface area contributed by atoms with Gasteiger partial charge in [-0.25, -0.2) is 9.59 Å². The van der Waals surface area contributed by atoms with Crippen LogP contribution in [0.25, 0.3) is 0 Å². The topological polar surface area (TPSA) is 280 Å². The molecule has 10 atom stereocenters. The Balaban J connectivity index is 1.15. The SMILES string of the molecule is COc1cc2cc(c1Cl)N(C)C(=O)C[C@H](OC(=O)[C@H](C)N(C)C(=O)c1ccc(CC(=O)[C@H](CCCNC(N)=O)NC(=O)[C@@H](CC(=O)CCCCCCC(=O)C3CCC3)C(C)C)c(C)c1)[C@]1(C)O[C@H]1[C@H](C)[C@@H]1C[C@@](O)(CC(=O)O1)[C@H](OC)/C=C/C=C(\C)C2. The van der Waals surface area contributed by atoms with Gasteiger partial charge in [0.2, 0.25) is 11.8 Å². The number of epoxide rings is 1. The molecule has 0 unspecified atom stereocenters. The standard InChI is InChI=1S/C66H92ClN5O15/c1-38(2)48(34-47(73)22-14-12-13-15-24-51(74)44-20-17-21-44)61(78)70-49(23-18-28-69-64(68)81)52(75)33-45-26-27-46(30-40(45)4)62(79)71(8)42(6)63(80)86-56-35-57(76)72(9)50-31-43(32-53(83-10)59(50)67)29-39(3)19-16-25-55(84-11)66(82)36-54(85-58(77)37-66)41(5)60-65(56,7)87-60/h16,19,25-27,30-32,38,41-42,44,48-49,54-56,60,82H,12-15,17-18,20-24,28-29,33-37H2,1-11H3,(H,70,78)(H3,68,69,81)/b25-16+,39-19+/t41-,42+,48+,49+,54+,55-,56+,60+,65+,66-/m1/s1. The highest BCUT2D eigenvalue weighted by atomic mass is 35.5. The molecule has 0 aromatic heterocycles. The van der Waals surface area contributed by atoms with Crippen molar-refractivity contribution in [3.8, 4) is 5.75 Å². The van der Waals surface area contributed by atoms with Crippen LogP contribution in [0.5, 0.6) is 5.75 Å². The zero-order valence-electron chi connectivity index (χ0n) is 52.6. The highest BCUT2D eigenvalue weighted by molar-refractivity contribution is 6.35. The van der Waals surface area contributed by atoms with Gasteiger partial charge in [-0.05, 0) is 120 Å². The Morgan fingerprint density at radius 2 is 1.68 bits per heavy atom. The molecule has 1 saturated carbocycles. The van der Waals surface area contributed by atoms with Crippen LogP contribution in [0, 0.1) is 30.6 Å². The van der Waals surface area contributed by atoms with Crippen molar-refractivity contribution in [3.63, 3.8) is 0 Å². The second kappa shape index (κ2) is 31.1. The summed E-state index contributed by atoms with van der Waals surface area (Å²) in [5.41, 5.74) is 5.66. The fourth-order valence-electron chi connectivity index (χ4n) is 12.0. The van der Waals surface area contributed by atoms with Crippen LogP contribution in [0.3, 0.4) is 0 Å². The van der Waals surface area contributed by atoms with E-state index in [1.807, 2.05) is 26.8 Å². The number of allylic oxidation sites excluding steroid dienone is 3. The van der Waals surface area contributed by atoms with Crippen molar-refractivity contribution in [1.82, 2.24) is 15.5 Å². The van der Waals surface area contributed by atoms with Crippen molar-refractivity contribution in [2.75, 3.05) is 39.8 Å². The first kappa shape index (κ1) is 69.6. The van der Waals surface area contributed by atoms with Gasteiger partial charge >= 0.3 is 18.0 Å². The maximum atomic E-state index is 14.5. The normalized spacial score (nSPS) is 25.2. The van der Waals surface area contributed by atoms with Crippen LogP contribution in [0.4, 0.5) is 10.5 Å². The summed E-state index contributed by atoms with van der Waals surface area (Å²) in [6, 6.07) is 5.39. The van der Waals surface area contributed by atoms with E-state index < -0.39 is 102 Å². The molecule has 87 heavy (non-hydrogen) atoms. The predicted molar refractivity (Wildman–Crippen MR) is 328 cm³/mol. The summed E-state index contributed by atoms with van der Waals surface area (Å²) in [6.07, 6.45) is 8.73. The summed E-state index contributed by atoms with van der Waals surface area (Å²) in [4.78, 5) is 124. The highest BCUT2D eigenvalue weighted by Gasteiger charge is 2.64. The highest BCUT2D eigenvalue weighted by Crippen LogP contribution is 2.50. The van der Waals surface area contributed by atoms with E-state index in [-0.39, 0.29) is 72.6 Å². The van der Waals surface area contributed by atoms with E-state index in [0.717, 1.165) is 49.7 Å². The van der Waals surface area contributed by atoms with Gasteiger partial charge in [0.25, 0.3) is 5.91 Å². The number of Topliss-reactive ketones (excluding diaryl/α,β-unsaturated/α-hetero) is 3. The van der Waals surface area contributed by atoms with E-state index in [2.05, 4.69) is 10.6 Å². The average molecular weight is 1230 g/mol. The number of benzene rings is 2. The molecule has 4 bridgehead atoms. The summed E-state index contributed by atoms with van der Waals surface area (Å²) in [7, 11) is 5.90. The van der Waals surface area contributed by atoms with E-state index in [1.165, 1.54) is 44.1 Å². The molecule has 0 radical (unpaired) electrons. The lowest BCUT2D eigenvalue weighted by Crippen LogP contribution is -2.53. The van der Waals surface area contributed by atoms with Gasteiger partial charge in [-0.2, -0.15) is 0 Å². The van der Waals surface area contributed by atoms with E-state index in [9.17, 15) is 48.3 Å². The number of nitrogens with two attached hydrogens (primary N) is 1. The number of likely N-dealkylation sites (N-methyl/N-ethyl adjacent to an activating group) is 1. The molecule has 5 N–H and O–H groups in total. The van der Waals surface area contributed by atoms with Crippen LogP contribution in [0.2, 0.25) is 5.02 Å². The number of unbranched alkanes of at least 4 members (excludes halogenated alkanes) is 3. The number of halogens is 1. The zero-order chi connectivity index (χ0) is 64.1. The second-order valence-electron chi connectivity index (χ2n) is 25.0. The summed E-state index contributed by atoms with van der Waals surface area (Å²) in [5.74, 6) is -3.95. The number of methoxy groups -OCH3 is 2. The first-order valence-corrected chi connectivity index (χ1v) is 31.1. The van der Waals surface area contributed by atoms with Gasteiger partial charge in [0, 0.05) is 83.2 Å². The number of fused-ring (bicyclic) bond motifs is 5. The smallest absolute Gasteiger partial charge is 0.328 e. The number of hydrogen-bond acceptors (Lipinski definition) is 15. The molecule has 1 aliphatic carbocycles. The van der Waals surface area contributed by atoms with Gasteiger partial charge in [0.1, 0.15) is 57.9 Å². The number of rotatable bonds is 26. The molecule has 3 heterocycles. The first-order valence-electron chi connectivity index (χ1n) is 30.7. The Bertz CT molecular complexity index is 2920. The molecule has 478 valence electrons.